The lowest BCUT2D eigenvalue weighted by molar-refractivity contribution is -0.304. The Labute approximate surface area is 370 Å². The number of benzene rings is 3. The Bertz CT molecular complexity index is 2620. The van der Waals surface area contributed by atoms with Crippen LogP contribution >= 0.6 is 11.3 Å². The molecule has 1 aliphatic heterocycles. The molecule has 2 amide bonds. The number of phenolic OH excluding ortho intramolecular Hbond substituents is 1. The van der Waals surface area contributed by atoms with Crippen LogP contribution in [0.5, 0.6) is 28.7 Å². The van der Waals surface area contributed by atoms with Gasteiger partial charge in [-0.15, -0.1) is 11.3 Å². The lowest BCUT2D eigenvalue weighted by atomic mass is 9.89. The second-order valence-electron chi connectivity index (χ2n) is 15.4. The van der Waals surface area contributed by atoms with Crippen LogP contribution in [-0.2, 0) is 25.4 Å². The van der Waals surface area contributed by atoms with Crippen molar-refractivity contribution < 1.29 is 72.4 Å². The summed E-state index contributed by atoms with van der Waals surface area (Å²) in [4.78, 5) is 60.4. The third-order valence-corrected chi connectivity index (χ3v) is 11.3. The van der Waals surface area contributed by atoms with Crippen molar-refractivity contribution in [3.8, 4) is 28.7 Å². The standard InChI is InChI=1S/C31H36N2O11.C14H14O5S/c1-14(2)7-8-16-13-17(9-11-19(16)34)27(37)33-21-22(35)18-10-12-20(15(3)24(18)42-28(21)38)41-29-23(36)25(43-30(32)39)26(40-6)31(4,5)44-29;1-18-10-5-8-6-13(9(15)3-4-14(16)17)20-12(8)7-11(10)19-2/h7,9-13,23,25-26,29,34-36H,8H2,1-6H3,(H2,32,39)(H,33,37);5-7H,3-4H2,1-2H3,(H,16,17). The average Bonchev–Trinajstić information content (AvgIpc) is 3.66. The van der Waals surface area contributed by atoms with Crippen LogP contribution in [0, 0.1) is 6.92 Å². The summed E-state index contributed by atoms with van der Waals surface area (Å²) in [5.74, 6) is -1.02. The van der Waals surface area contributed by atoms with Crippen LogP contribution in [0.1, 0.15) is 71.7 Å². The van der Waals surface area contributed by atoms with E-state index in [1.165, 1.54) is 48.8 Å². The predicted molar refractivity (Wildman–Crippen MR) is 235 cm³/mol. The third kappa shape index (κ3) is 10.9. The molecule has 342 valence electrons. The maximum Gasteiger partial charge on any atom is 0.404 e. The topological polar surface area (TPSA) is 273 Å². The van der Waals surface area contributed by atoms with Crippen molar-refractivity contribution in [2.45, 2.75) is 84.1 Å². The Balaban J connectivity index is 0.000000320. The fraction of sp³-hybridized carbons (Fsp3) is 0.356. The predicted octanol–water partition coefficient (Wildman–Crippen LogP) is 6.59. The summed E-state index contributed by atoms with van der Waals surface area (Å²) in [6, 6.07) is 12.5. The molecular formula is C45H50N2O16S. The maximum absolute atomic E-state index is 13.0. The van der Waals surface area contributed by atoms with Crippen LogP contribution < -0.4 is 30.9 Å². The summed E-state index contributed by atoms with van der Waals surface area (Å²) >= 11 is 1.33. The molecule has 19 heteroatoms. The number of anilines is 1. The van der Waals surface area contributed by atoms with Crippen molar-refractivity contribution in [1.82, 2.24) is 0 Å². The molecular weight excluding hydrogens is 857 g/mol. The first-order valence-corrected chi connectivity index (χ1v) is 20.5. The minimum atomic E-state index is -1.52. The number of aryl methyl sites for hydroxylation is 1. The SMILES string of the molecule is COC1C(OC(N)=O)C(O)C(Oc2ccc3c(O)c(NC(=O)c4ccc(O)c(CC=C(C)C)c4)c(=O)oc3c2C)OC1(C)C.COc1cc2cc(C(=O)CCC(=O)O)sc2cc1OC. The summed E-state index contributed by atoms with van der Waals surface area (Å²) in [5.41, 5.74) is 4.54. The van der Waals surface area contributed by atoms with Crippen molar-refractivity contribution in [2.24, 2.45) is 5.73 Å². The van der Waals surface area contributed by atoms with Gasteiger partial charge in [0.15, 0.2) is 40.9 Å². The van der Waals surface area contributed by atoms with Crippen molar-refractivity contribution in [1.29, 1.82) is 0 Å². The van der Waals surface area contributed by atoms with Crippen LogP contribution in [-0.4, -0.2) is 95.7 Å². The first kappa shape index (κ1) is 48.4. The molecule has 6 rings (SSSR count). The molecule has 1 aliphatic rings. The van der Waals surface area contributed by atoms with Crippen LogP contribution in [0.2, 0.25) is 0 Å². The molecule has 3 aromatic carbocycles. The first-order valence-electron chi connectivity index (χ1n) is 19.7. The molecule has 0 aliphatic carbocycles. The van der Waals surface area contributed by atoms with E-state index in [0.717, 1.165) is 15.7 Å². The number of nitrogens with one attached hydrogen (secondary N) is 1. The van der Waals surface area contributed by atoms with Crippen LogP contribution in [0.25, 0.3) is 21.1 Å². The second kappa shape index (κ2) is 20.2. The molecule has 0 spiro atoms. The Kier molecular flexibility index (Phi) is 15.3. The fourth-order valence-corrected chi connectivity index (χ4v) is 7.95. The van der Waals surface area contributed by atoms with E-state index in [1.54, 1.807) is 47.1 Å². The number of hydrogen-bond donors (Lipinski definition) is 6. The highest BCUT2D eigenvalue weighted by Crippen LogP contribution is 2.39. The number of Topliss-reactive ketones (excluding diaryl/α,β-unsaturated/α-hetero) is 1. The highest BCUT2D eigenvalue weighted by molar-refractivity contribution is 7.20. The van der Waals surface area contributed by atoms with Crippen molar-refractivity contribution in [3.05, 3.63) is 92.2 Å². The number of carboxylic acid groups (broad SMARTS) is 1. The fourth-order valence-electron chi connectivity index (χ4n) is 6.91. The van der Waals surface area contributed by atoms with Gasteiger partial charge in [0.25, 0.3) is 5.91 Å². The summed E-state index contributed by atoms with van der Waals surface area (Å²) in [6.45, 7) is 8.69. The molecule has 7 N–H and O–H groups in total. The number of ether oxygens (including phenoxy) is 6. The first-order chi connectivity index (χ1) is 30.2. The molecule has 1 fully saturated rings. The number of carboxylic acids is 1. The molecule has 4 unspecified atom stereocenters. The smallest absolute Gasteiger partial charge is 0.404 e. The van der Waals surface area contributed by atoms with Crippen molar-refractivity contribution in [2.75, 3.05) is 26.6 Å². The van der Waals surface area contributed by atoms with E-state index in [1.807, 2.05) is 26.0 Å². The maximum atomic E-state index is 13.0. The molecule has 3 heterocycles. The monoisotopic (exact) mass is 906 g/mol. The number of aliphatic hydroxyl groups is 1. The minimum Gasteiger partial charge on any atom is -0.508 e. The summed E-state index contributed by atoms with van der Waals surface area (Å²) in [5, 5.41) is 44.1. The van der Waals surface area contributed by atoms with Gasteiger partial charge in [0, 0.05) is 35.4 Å². The number of allylic oxidation sites excluding steroid dienone is 2. The Morgan fingerprint density at radius 2 is 1.64 bits per heavy atom. The summed E-state index contributed by atoms with van der Waals surface area (Å²) < 4.78 is 39.2. The van der Waals surface area contributed by atoms with Gasteiger partial charge in [-0.1, -0.05) is 11.6 Å². The second-order valence-corrected chi connectivity index (χ2v) is 16.5. The largest absolute Gasteiger partial charge is 0.508 e. The van der Waals surface area contributed by atoms with Crippen LogP contribution in [0.15, 0.2) is 69.4 Å². The highest BCUT2D eigenvalue weighted by atomic mass is 32.1. The number of aliphatic hydroxyl groups excluding tert-OH is 1. The molecule has 2 aromatic heterocycles. The number of ketones is 1. The number of aliphatic carboxylic acids is 1. The number of carbonyl (C=O) groups excluding carboxylic acids is 3. The minimum absolute atomic E-state index is 0.0103. The molecule has 1 saturated heterocycles. The van der Waals surface area contributed by atoms with E-state index < -0.39 is 65.2 Å². The van der Waals surface area contributed by atoms with Gasteiger partial charge >= 0.3 is 17.7 Å². The quantitative estimate of drug-likeness (QED) is 0.0389. The lowest BCUT2D eigenvalue weighted by Crippen LogP contribution is -2.65. The highest BCUT2D eigenvalue weighted by Gasteiger charge is 2.53. The average molecular weight is 907 g/mol. The number of hydrogen-bond acceptors (Lipinski definition) is 16. The van der Waals surface area contributed by atoms with E-state index in [9.17, 15) is 39.3 Å². The molecule has 0 radical (unpaired) electrons. The van der Waals surface area contributed by atoms with E-state index in [0.29, 0.717) is 28.4 Å². The Hall–Kier alpha value is -6.67. The van der Waals surface area contributed by atoms with E-state index in [2.05, 4.69) is 5.32 Å². The van der Waals surface area contributed by atoms with Gasteiger partial charge in [-0.05, 0) is 94.5 Å². The molecule has 0 bridgehead atoms. The molecule has 18 nitrogen and oxygen atoms in total. The number of primary amides is 1. The molecule has 0 saturated carbocycles. The van der Waals surface area contributed by atoms with E-state index >= 15 is 0 Å². The molecule has 5 aromatic rings. The van der Waals surface area contributed by atoms with Gasteiger partial charge in [-0.25, -0.2) is 9.59 Å². The molecule has 4 atom stereocenters. The zero-order chi connectivity index (χ0) is 47.2. The summed E-state index contributed by atoms with van der Waals surface area (Å²) in [7, 11) is 4.47. The van der Waals surface area contributed by atoms with Crippen molar-refractivity contribution in [3.63, 3.8) is 0 Å². The number of carbonyl (C=O) groups is 4. The van der Waals surface area contributed by atoms with Gasteiger partial charge in [0.05, 0.1) is 36.5 Å². The Morgan fingerprint density at radius 1 is 0.953 bits per heavy atom. The van der Waals surface area contributed by atoms with E-state index in [4.69, 9.17) is 43.7 Å². The van der Waals surface area contributed by atoms with Gasteiger partial charge in [0.2, 0.25) is 6.29 Å². The number of rotatable bonds is 14. The third-order valence-electron chi connectivity index (χ3n) is 10.2. The molecule has 64 heavy (non-hydrogen) atoms. The number of methoxy groups -OCH3 is 3. The zero-order valence-electron chi connectivity index (χ0n) is 36.3. The Morgan fingerprint density at radius 3 is 2.27 bits per heavy atom. The number of phenols is 1. The number of nitrogens with two attached hydrogens (primary N) is 1. The lowest BCUT2D eigenvalue weighted by Gasteiger charge is -2.47. The number of thiophene rings is 1. The number of aromatic hydroxyl groups is 2. The van der Waals surface area contributed by atoms with E-state index in [-0.39, 0.29) is 52.2 Å². The van der Waals surface area contributed by atoms with Crippen LogP contribution in [0.4, 0.5) is 10.5 Å². The number of fused-ring (bicyclic) bond motifs is 2. The summed E-state index contributed by atoms with van der Waals surface area (Å²) in [6.07, 6.45) is -3.95. The van der Waals surface area contributed by atoms with Gasteiger partial charge in [-0.3, -0.25) is 14.4 Å². The van der Waals surface area contributed by atoms with Gasteiger partial charge in [-0.2, -0.15) is 0 Å². The normalized spacial score (nSPS) is 17.7. The van der Waals surface area contributed by atoms with Crippen LogP contribution in [0.3, 0.4) is 0 Å². The zero-order valence-corrected chi connectivity index (χ0v) is 37.1. The van der Waals surface area contributed by atoms with Gasteiger partial charge in [0.1, 0.15) is 23.2 Å². The van der Waals surface area contributed by atoms with Crippen molar-refractivity contribution >= 4 is 61.8 Å². The van der Waals surface area contributed by atoms with Gasteiger partial charge < -0.3 is 64.3 Å². The number of amides is 2.